The van der Waals surface area contributed by atoms with Crippen LogP contribution in [0.5, 0.6) is 11.5 Å². The number of hydrogen-bond acceptors (Lipinski definition) is 9. The Bertz CT molecular complexity index is 1670. The number of aromatic nitrogens is 5. The van der Waals surface area contributed by atoms with Crippen LogP contribution in [0.25, 0.3) is 16.6 Å². The number of fused-ring (bicyclic) bond motifs is 2. The summed E-state index contributed by atoms with van der Waals surface area (Å²) in [7, 11) is -4.75. The smallest absolute Gasteiger partial charge is 0.457 e. The minimum atomic E-state index is -4.75. The first-order chi connectivity index (χ1) is 17.7. The number of aryl methyl sites for hydroxylation is 1. The summed E-state index contributed by atoms with van der Waals surface area (Å²) in [6, 6.07) is 14.1. The summed E-state index contributed by atoms with van der Waals surface area (Å²) in [5, 5.41) is 10.5. The molecular formula is C23H20N7O6P. The molecule has 5 aromatic rings. The first-order valence-corrected chi connectivity index (χ1v) is 12.4. The van der Waals surface area contributed by atoms with Crippen LogP contribution in [0.2, 0.25) is 0 Å². The van der Waals surface area contributed by atoms with Gasteiger partial charge in [-0.15, -0.1) is 0 Å². The number of carbonyl (C=O) groups excluding carboxylic acids is 1. The molecule has 1 amide bonds. The Morgan fingerprint density at radius 1 is 1.03 bits per heavy atom. The van der Waals surface area contributed by atoms with Gasteiger partial charge in [-0.05, 0) is 55.0 Å². The number of hydrogen-bond donors (Lipinski definition) is 4. The summed E-state index contributed by atoms with van der Waals surface area (Å²) in [6.45, 7) is 1.13. The lowest BCUT2D eigenvalue weighted by Gasteiger charge is -2.13. The van der Waals surface area contributed by atoms with Crippen molar-refractivity contribution in [3.63, 3.8) is 0 Å². The predicted octanol–water partition coefficient (Wildman–Crippen LogP) is 3.56. The van der Waals surface area contributed by atoms with Crippen molar-refractivity contribution in [2.24, 2.45) is 0 Å². The summed E-state index contributed by atoms with van der Waals surface area (Å²) in [5.41, 5.74) is 3.32. The zero-order valence-corrected chi connectivity index (χ0v) is 20.2. The van der Waals surface area contributed by atoms with E-state index >= 15 is 0 Å². The van der Waals surface area contributed by atoms with Crippen LogP contribution in [0.1, 0.15) is 5.56 Å². The zero-order valence-electron chi connectivity index (χ0n) is 19.3. The number of nitrogens with one attached hydrogen (secondary N) is 2. The lowest BCUT2D eigenvalue weighted by atomic mass is 10.1. The molecule has 0 aliphatic heterocycles. The Kier molecular flexibility index (Phi) is 6.51. The van der Waals surface area contributed by atoms with Gasteiger partial charge < -0.3 is 25.2 Å². The van der Waals surface area contributed by atoms with Crippen LogP contribution in [-0.4, -0.2) is 46.9 Å². The fourth-order valence-corrected chi connectivity index (χ4v) is 3.82. The van der Waals surface area contributed by atoms with Gasteiger partial charge in [-0.25, -0.2) is 24.0 Å². The summed E-state index contributed by atoms with van der Waals surface area (Å²) < 4.78 is 22.7. The van der Waals surface area contributed by atoms with E-state index in [1.165, 1.54) is 12.7 Å². The maximum atomic E-state index is 12.0. The molecule has 188 valence electrons. The lowest BCUT2D eigenvalue weighted by molar-refractivity contribution is -0.118. The third kappa shape index (κ3) is 5.88. The molecule has 0 aliphatic carbocycles. The third-order valence-corrected chi connectivity index (χ3v) is 5.67. The van der Waals surface area contributed by atoms with Crippen molar-refractivity contribution in [3.05, 3.63) is 72.9 Å². The maximum Gasteiger partial charge on any atom is 0.470 e. The highest BCUT2D eigenvalue weighted by molar-refractivity contribution is 7.46. The molecular weight excluding hydrogens is 501 g/mol. The summed E-state index contributed by atoms with van der Waals surface area (Å²) in [4.78, 5) is 42.2. The molecule has 0 fully saturated rings. The van der Waals surface area contributed by atoms with Crippen molar-refractivity contribution in [1.29, 1.82) is 0 Å². The Hall–Kier alpha value is -4.42. The first-order valence-electron chi connectivity index (χ1n) is 10.8. The molecule has 37 heavy (non-hydrogen) atoms. The van der Waals surface area contributed by atoms with Crippen LogP contribution in [0.4, 0.5) is 17.2 Å². The molecule has 0 bridgehead atoms. The number of phosphoric ester groups is 1. The van der Waals surface area contributed by atoms with Gasteiger partial charge in [0.25, 0.3) is 5.91 Å². The van der Waals surface area contributed by atoms with E-state index in [2.05, 4.69) is 35.2 Å². The molecule has 0 aliphatic rings. The van der Waals surface area contributed by atoms with Crippen molar-refractivity contribution in [2.45, 2.75) is 6.92 Å². The number of nitrogens with zero attached hydrogens (tertiary/aromatic N) is 5. The minimum Gasteiger partial charge on any atom is -0.457 e. The second kappa shape index (κ2) is 9.91. The molecule has 0 spiro atoms. The average molecular weight is 521 g/mol. The van der Waals surface area contributed by atoms with E-state index in [0.29, 0.717) is 39.6 Å². The molecule has 0 saturated heterocycles. The van der Waals surface area contributed by atoms with E-state index in [4.69, 9.17) is 14.5 Å². The molecule has 3 aromatic heterocycles. The molecule has 13 nitrogen and oxygen atoms in total. The van der Waals surface area contributed by atoms with Gasteiger partial charge in [0.15, 0.2) is 5.65 Å². The normalized spacial score (nSPS) is 11.5. The molecule has 5 rings (SSSR count). The average Bonchev–Trinajstić information content (AvgIpc) is 3.32. The standard InChI is InChI=1S/C23H20N7O6P/c1-14-8-15(3-5-20(14)36-17-6-7-30-21(10-17)25-13-27-30)29-23-18-9-16(2-4-19(18)24-12-26-23)28-22(31)11-35-37(32,33)34/h2-10,12-13H,11H2,1H3,(H,28,31)(H,24,26,29)(H2,32,33,34). The monoisotopic (exact) mass is 521 g/mol. The topological polar surface area (TPSA) is 173 Å². The minimum absolute atomic E-state index is 0.384. The number of anilines is 3. The van der Waals surface area contributed by atoms with E-state index in [9.17, 15) is 9.36 Å². The summed E-state index contributed by atoms with van der Waals surface area (Å²) >= 11 is 0. The number of benzene rings is 2. The molecule has 0 atom stereocenters. The maximum absolute atomic E-state index is 12.0. The Labute approximate surface area is 209 Å². The molecule has 4 N–H and O–H groups in total. The zero-order chi connectivity index (χ0) is 26.0. The van der Waals surface area contributed by atoms with Gasteiger partial charge in [-0.3, -0.25) is 9.32 Å². The van der Waals surface area contributed by atoms with Crippen LogP contribution in [0.3, 0.4) is 0 Å². The lowest BCUT2D eigenvalue weighted by Crippen LogP contribution is -2.17. The van der Waals surface area contributed by atoms with E-state index in [1.54, 1.807) is 41.0 Å². The highest BCUT2D eigenvalue weighted by atomic mass is 31.2. The molecule has 0 saturated carbocycles. The quantitative estimate of drug-likeness (QED) is 0.220. The molecule has 3 heterocycles. The Balaban J connectivity index is 1.33. The van der Waals surface area contributed by atoms with E-state index < -0.39 is 20.3 Å². The van der Waals surface area contributed by atoms with Gasteiger partial charge in [0, 0.05) is 29.0 Å². The van der Waals surface area contributed by atoms with Gasteiger partial charge in [0.2, 0.25) is 0 Å². The molecule has 14 heteroatoms. The van der Waals surface area contributed by atoms with Gasteiger partial charge >= 0.3 is 7.82 Å². The van der Waals surface area contributed by atoms with E-state index in [0.717, 1.165) is 11.3 Å². The van der Waals surface area contributed by atoms with Crippen molar-refractivity contribution >= 4 is 47.5 Å². The third-order valence-electron chi connectivity index (χ3n) is 5.20. The Morgan fingerprint density at radius 3 is 2.68 bits per heavy atom. The van der Waals surface area contributed by atoms with Gasteiger partial charge in [-0.1, -0.05) is 0 Å². The van der Waals surface area contributed by atoms with Gasteiger partial charge in [0.1, 0.15) is 36.6 Å². The van der Waals surface area contributed by atoms with Crippen molar-refractivity contribution in [2.75, 3.05) is 17.2 Å². The van der Waals surface area contributed by atoms with Gasteiger partial charge in [-0.2, -0.15) is 5.10 Å². The van der Waals surface area contributed by atoms with Crippen LogP contribution in [-0.2, 0) is 13.9 Å². The number of phosphoric acid groups is 1. The van der Waals surface area contributed by atoms with E-state index in [-0.39, 0.29) is 0 Å². The van der Waals surface area contributed by atoms with Crippen molar-refractivity contribution in [1.82, 2.24) is 24.6 Å². The van der Waals surface area contributed by atoms with Crippen LogP contribution in [0.15, 0.2) is 67.4 Å². The fourth-order valence-electron chi connectivity index (χ4n) is 3.54. The number of ether oxygens (including phenoxy) is 1. The number of amides is 1. The number of carbonyl (C=O) groups is 1. The predicted molar refractivity (Wildman–Crippen MR) is 134 cm³/mol. The highest BCUT2D eigenvalue weighted by Crippen LogP contribution is 2.35. The van der Waals surface area contributed by atoms with Crippen LogP contribution >= 0.6 is 7.82 Å². The molecule has 0 radical (unpaired) electrons. The largest absolute Gasteiger partial charge is 0.470 e. The fraction of sp³-hybridized carbons (Fsp3) is 0.0870. The SMILES string of the molecule is Cc1cc(Nc2ncnc3ccc(NC(=O)COP(=O)(O)O)cc23)ccc1Oc1ccn2ncnc2c1. The van der Waals surface area contributed by atoms with Crippen LogP contribution in [0, 0.1) is 6.92 Å². The Morgan fingerprint density at radius 2 is 1.86 bits per heavy atom. The first kappa shape index (κ1) is 24.3. The number of pyridine rings is 1. The second-order valence-electron chi connectivity index (χ2n) is 7.90. The van der Waals surface area contributed by atoms with Crippen molar-refractivity contribution < 1.29 is 28.4 Å². The van der Waals surface area contributed by atoms with Crippen LogP contribution < -0.4 is 15.4 Å². The molecule has 2 aromatic carbocycles. The summed E-state index contributed by atoms with van der Waals surface area (Å²) in [5.74, 6) is 1.08. The number of rotatable bonds is 8. The van der Waals surface area contributed by atoms with Crippen molar-refractivity contribution in [3.8, 4) is 11.5 Å². The van der Waals surface area contributed by atoms with E-state index in [1.807, 2.05) is 25.1 Å². The van der Waals surface area contributed by atoms with Gasteiger partial charge in [0.05, 0.1) is 5.52 Å². The highest BCUT2D eigenvalue weighted by Gasteiger charge is 2.17. The summed E-state index contributed by atoms with van der Waals surface area (Å²) in [6.07, 6.45) is 4.66. The second-order valence-corrected chi connectivity index (χ2v) is 9.14. The molecule has 0 unspecified atom stereocenters.